The molecule has 7 nitrogen and oxygen atoms in total. The monoisotopic (exact) mass is 330 g/mol. The molecule has 0 radical (unpaired) electrons. The van der Waals surface area contributed by atoms with Crippen molar-refractivity contribution in [1.29, 1.82) is 0 Å². The zero-order chi connectivity index (χ0) is 16.9. The lowest BCUT2D eigenvalue weighted by molar-refractivity contribution is -0.135. The van der Waals surface area contributed by atoms with E-state index in [1.165, 1.54) is 5.56 Å². The van der Waals surface area contributed by atoms with Gasteiger partial charge in [-0.15, -0.1) is 0 Å². The zero-order valence-corrected chi connectivity index (χ0v) is 13.5. The molecular formula is C17H22N4O3. The summed E-state index contributed by atoms with van der Waals surface area (Å²) in [4.78, 5) is 39.0. The highest BCUT2D eigenvalue weighted by Crippen LogP contribution is 2.09. The molecule has 0 aromatic heterocycles. The van der Waals surface area contributed by atoms with E-state index in [9.17, 15) is 14.4 Å². The number of hydrogen-bond acceptors (Lipinski definition) is 4. The Hall–Kier alpha value is -2.41. The fraction of sp³-hybridized carbons (Fsp3) is 0.471. The largest absolute Gasteiger partial charge is 0.340 e. The van der Waals surface area contributed by atoms with E-state index in [4.69, 9.17) is 0 Å². The van der Waals surface area contributed by atoms with Crippen LogP contribution in [-0.4, -0.2) is 66.4 Å². The Balaban J connectivity index is 1.40. The molecule has 7 heteroatoms. The first-order valence-corrected chi connectivity index (χ1v) is 8.27. The lowest BCUT2D eigenvalue weighted by Crippen LogP contribution is -2.50. The number of carbonyl (C=O) groups excluding carboxylic acids is 3. The molecule has 0 spiro atoms. The fourth-order valence-corrected chi connectivity index (χ4v) is 3.06. The van der Waals surface area contributed by atoms with Crippen molar-refractivity contribution in [2.45, 2.75) is 18.9 Å². The molecule has 0 aliphatic carbocycles. The van der Waals surface area contributed by atoms with Gasteiger partial charge in [0.1, 0.15) is 6.04 Å². The number of piperazine rings is 1. The normalized spacial score (nSPS) is 21.5. The van der Waals surface area contributed by atoms with E-state index >= 15 is 0 Å². The van der Waals surface area contributed by atoms with E-state index in [0.29, 0.717) is 13.1 Å². The summed E-state index contributed by atoms with van der Waals surface area (Å²) in [5.74, 6) is -0.505. The number of nitrogens with one attached hydrogen (secondary N) is 2. The Morgan fingerprint density at radius 2 is 1.79 bits per heavy atom. The van der Waals surface area contributed by atoms with Gasteiger partial charge in [0.2, 0.25) is 5.91 Å². The molecule has 24 heavy (non-hydrogen) atoms. The maximum absolute atomic E-state index is 12.3. The van der Waals surface area contributed by atoms with Crippen LogP contribution >= 0.6 is 0 Å². The van der Waals surface area contributed by atoms with E-state index in [2.05, 4.69) is 27.7 Å². The summed E-state index contributed by atoms with van der Waals surface area (Å²) in [6.45, 7) is 3.97. The molecule has 3 rings (SSSR count). The van der Waals surface area contributed by atoms with Crippen LogP contribution < -0.4 is 10.6 Å². The summed E-state index contributed by atoms with van der Waals surface area (Å²) >= 11 is 0. The average molecular weight is 330 g/mol. The highest BCUT2D eigenvalue weighted by molar-refractivity contribution is 6.05. The molecular weight excluding hydrogens is 308 g/mol. The molecule has 2 heterocycles. The lowest BCUT2D eigenvalue weighted by Gasteiger charge is -2.35. The van der Waals surface area contributed by atoms with Crippen molar-refractivity contribution < 1.29 is 14.4 Å². The van der Waals surface area contributed by atoms with Crippen molar-refractivity contribution in [3.05, 3.63) is 35.9 Å². The third kappa shape index (κ3) is 4.11. The van der Waals surface area contributed by atoms with Crippen LogP contribution in [0.5, 0.6) is 0 Å². The molecule has 2 aliphatic rings. The minimum atomic E-state index is -0.735. The number of amides is 4. The van der Waals surface area contributed by atoms with Crippen molar-refractivity contribution >= 4 is 17.8 Å². The topological polar surface area (TPSA) is 81.8 Å². The van der Waals surface area contributed by atoms with Gasteiger partial charge >= 0.3 is 6.03 Å². The zero-order valence-electron chi connectivity index (χ0n) is 13.5. The molecule has 0 saturated carbocycles. The van der Waals surface area contributed by atoms with Crippen molar-refractivity contribution in [1.82, 2.24) is 20.4 Å². The van der Waals surface area contributed by atoms with Crippen molar-refractivity contribution in [2.75, 3.05) is 32.7 Å². The first kappa shape index (κ1) is 16.4. The second-order valence-corrected chi connectivity index (χ2v) is 6.18. The quantitative estimate of drug-likeness (QED) is 0.743. The summed E-state index contributed by atoms with van der Waals surface area (Å²) in [5, 5.41) is 4.61. The molecule has 1 aromatic carbocycles. The minimum absolute atomic E-state index is 0.0294. The molecule has 0 unspecified atom stereocenters. The standard InChI is InChI=1S/C17H22N4O3/c22-15(12-14-16(23)19-17(24)18-14)21-10-8-20(9-11-21)7-6-13-4-2-1-3-5-13/h1-5,14H,6-12H2,(H2,18,19,23,24)/t14-/m0/s1. The predicted molar refractivity (Wildman–Crippen MR) is 88.2 cm³/mol. The van der Waals surface area contributed by atoms with Crippen molar-refractivity contribution in [3.8, 4) is 0 Å². The Morgan fingerprint density at radius 1 is 1.08 bits per heavy atom. The van der Waals surface area contributed by atoms with E-state index in [1.807, 2.05) is 18.2 Å². The summed E-state index contributed by atoms with van der Waals surface area (Å²) in [7, 11) is 0. The Kier molecular flexibility index (Phi) is 5.10. The number of hydrogen-bond donors (Lipinski definition) is 2. The molecule has 1 atom stereocenters. The molecule has 2 N–H and O–H groups in total. The molecule has 2 fully saturated rings. The van der Waals surface area contributed by atoms with Crippen LogP contribution in [0.15, 0.2) is 30.3 Å². The number of carbonyl (C=O) groups is 3. The predicted octanol–water partition coefficient (Wildman–Crippen LogP) is -0.0286. The van der Waals surface area contributed by atoms with Gasteiger partial charge in [-0.2, -0.15) is 0 Å². The molecule has 4 amide bonds. The average Bonchev–Trinajstić information content (AvgIpc) is 2.91. The number of imide groups is 1. The molecule has 0 bridgehead atoms. The Labute approximate surface area is 141 Å². The highest BCUT2D eigenvalue weighted by Gasteiger charge is 2.33. The van der Waals surface area contributed by atoms with Crippen LogP contribution in [0, 0.1) is 0 Å². The van der Waals surface area contributed by atoms with Gasteiger partial charge < -0.3 is 10.2 Å². The fourth-order valence-electron chi connectivity index (χ4n) is 3.06. The lowest BCUT2D eigenvalue weighted by atomic mass is 10.1. The molecule has 2 aliphatic heterocycles. The molecule has 1 aromatic rings. The third-order valence-corrected chi connectivity index (χ3v) is 4.52. The minimum Gasteiger partial charge on any atom is -0.340 e. The SMILES string of the molecule is O=C1NC(=O)[C@H](CC(=O)N2CCN(CCc3ccccc3)CC2)N1. The van der Waals surface area contributed by atoms with Crippen LogP contribution in [-0.2, 0) is 16.0 Å². The van der Waals surface area contributed by atoms with Gasteiger partial charge in [-0.1, -0.05) is 30.3 Å². The van der Waals surface area contributed by atoms with Crippen LogP contribution in [0.1, 0.15) is 12.0 Å². The Morgan fingerprint density at radius 3 is 2.42 bits per heavy atom. The number of urea groups is 1. The third-order valence-electron chi connectivity index (χ3n) is 4.52. The van der Waals surface area contributed by atoms with E-state index in [0.717, 1.165) is 26.1 Å². The summed E-state index contributed by atoms with van der Waals surface area (Å²) < 4.78 is 0. The van der Waals surface area contributed by atoms with Crippen LogP contribution in [0.4, 0.5) is 4.79 Å². The second kappa shape index (κ2) is 7.44. The van der Waals surface area contributed by atoms with E-state index in [1.54, 1.807) is 4.90 Å². The highest BCUT2D eigenvalue weighted by atomic mass is 16.2. The maximum Gasteiger partial charge on any atom is 0.322 e. The second-order valence-electron chi connectivity index (χ2n) is 6.18. The van der Waals surface area contributed by atoms with Gasteiger partial charge in [-0.3, -0.25) is 19.8 Å². The van der Waals surface area contributed by atoms with Gasteiger partial charge in [0.05, 0.1) is 6.42 Å². The van der Waals surface area contributed by atoms with Gasteiger partial charge in [-0.05, 0) is 12.0 Å². The van der Waals surface area contributed by atoms with Crippen LogP contribution in [0.3, 0.4) is 0 Å². The van der Waals surface area contributed by atoms with Gasteiger partial charge in [-0.25, -0.2) is 4.79 Å². The van der Waals surface area contributed by atoms with Gasteiger partial charge in [0, 0.05) is 32.7 Å². The van der Waals surface area contributed by atoms with Gasteiger partial charge in [0.25, 0.3) is 5.91 Å². The van der Waals surface area contributed by atoms with Gasteiger partial charge in [0.15, 0.2) is 0 Å². The van der Waals surface area contributed by atoms with E-state index < -0.39 is 18.0 Å². The molecule has 128 valence electrons. The number of benzene rings is 1. The first-order chi connectivity index (χ1) is 11.6. The number of nitrogens with zero attached hydrogens (tertiary/aromatic N) is 2. The summed E-state index contributed by atoms with van der Waals surface area (Å²) in [6.07, 6.45) is 1.03. The smallest absolute Gasteiger partial charge is 0.322 e. The first-order valence-electron chi connectivity index (χ1n) is 8.27. The van der Waals surface area contributed by atoms with Crippen LogP contribution in [0.25, 0.3) is 0 Å². The number of rotatable bonds is 5. The molecule has 2 saturated heterocycles. The van der Waals surface area contributed by atoms with E-state index in [-0.39, 0.29) is 12.3 Å². The van der Waals surface area contributed by atoms with Crippen LogP contribution in [0.2, 0.25) is 0 Å². The van der Waals surface area contributed by atoms with Crippen molar-refractivity contribution in [3.63, 3.8) is 0 Å². The van der Waals surface area contributed by atoms with Crippen molar-refractivity contribution in [2.24, 2.45) is 0 Å². The summed E-state index contributed by atoms with van der Waals surface area (Å²) in [5.41, 5.74) is 1.32. The Bertz CT molecular complexity index is 612. The summed E-state index contributed by atoms with van der Waals surface area (Å²) in [6, 6.07) is 9.10. The maximum atomic E-state index is 12.3.